The van der Waals surface area contributed by atoms with E-state index in [1.54, 1.807) is 18.2 Å². The standard InChI is InChI=1S/C12H13ClN4OS/c1-2-3-10-16-17-12(19-10)15-11(18)8-5-4-7(14)6-9(8)13/h4-6H,2-3,14H2,1H3,(H,15,17,18). The number of nitrogen functional groups attached to an aromatic ring is 1. The Balaban J connectivity index is 2.11. The molecule has 19 heavy (non-hydrogen) atoms. The van der Waals surface area contributed by atoms with Crippen LogP contribution in [0.5, 0.6) is 0 Å². The number of rotatable bonds is 4. The number of aryl methyl sites for hydroxylation is 1. The lowest BCUT2D eigenvalue weighted by molar-refractivity contribution is 0.102. The fourth-order valence-electron chi connectivity index (χ4n) is 1.50. The van der Waals surface area contributed by atoms with Gasteiger partial charge in [0.1, 0.15) is 5.01 Å². The van der Waals surface area contributed by atoms with Crippen molar-refractivity contribution in [2.24, 2.45) is 0 Å². The van der Waals surface area contributed by atoms with Gasteiger partial charge in [-0.3, -0.25) is 10.1 Å². The van der Waals surface area contributed by atoms with Gasteiger partial charge in [0, 0.05) is 12.1 Å². The normalized spacial score (nSPS) is 10.4. The molecule has 0 aliphatic carbocycles. The van der Waals surface area contributed by atoms with Gasteiger partial charge in [0.05, 0.1) is 10.6 Å². The Labute approximate surface area is 119 Å². The summed E-state index contributed by atoms with van der Waals surface area (Å²) in [5, 5.41) is 12.3. The smallest absolute Gasteiger partial charge is 0.259 e. The van der Waals surface area contributed by atoms with Crippen LogP contribution in [-0.2, 0) is 6.42 Å². The highest BCUT2D eigenvalue weighted by Gasteiger charge is 2.13. The van der Waals surface area contributed by atoms with Crippen molar-refractivity contribution in [1.29, 1.82) is 0 Å². The van der Waals surface area contributed by atoms with Crippen LogP contribution in [0.15, 0.2) is 18.2 Å². The SMILES string of the molecule is CCCc1nnc(NC(=O)c2ccc(N)cc2Cl)s1. The van der Waals surface area contributed by atoms with Crippen molar-refractivity contribution in [3.8, 4) is 0 Å². The van der Waals surface area contributed by atoms with Crippen LogP contribution in [0.25, 0.3) is 0 Å². The van der Waals surface area contributed by atoms with Gasteiger partial charge in [0.15, 0.2) is 0 Å². The minimum Gasteiger partial charge on any atom is -0.399 e. The van der Waals surface area contributed by atoms with Crippen molar-refractivity contribution in [2.75, 3.05) is 11.1 Å². The molecule has 1 heterocycles. The predicted octanol–water partition coefficient (Wildman–Crippen LogP) is 2.98. The number of nitrogens with two attached hydrogens (primary N) is 1. The number of nitrogens with one attached hydrogen (secondary N) is 1. The number of hydrogen-bond acceptors (Lipinski definition) is 5. The average Bonchev–Trinajstić information content (AvgIpc) is 2.76. The third-order valence-electron chi connectivity index (χ3n) is 2.39. The lowest BCUT2D eigenvalue weighted by Crippen LogP contribution is -2.12. The van der Waals surface area contributed by atoms with Gasteiger partial charge in [-0.2, -0.15) is 0 Å². The Bertz CT molecular complexity index is 599. The summed E-state index contributed by atoms with van der Waals surface area (Å²) in [5.41, 5.74) is 6.46. The second kappa shape index (κ2) is 5.99. The van der Waals surface area contributed by atoms with Gasteiger partial charge in [0.25, 0.3) is 5.91 Å². The third-order valence-corrected chi connectivity index (χ3v) is 3.60. The average molecular weight is 297 g/mol. The van der Waals surface area contributed by atoms with E-state index in [0.29, 0.717) is 21.4 Å². The zero-order valence-electron chi connectivity index (χ0n) is 10.3. The van der Waals surface area contributed by atoms with Gasteiger partial charge >= 0.3 is 0 Å². The molecule has 0 fully saturated rings. The Morgan fingerprint density at radius 2 is 2.26 bits per heavy atom. The Hall–Kier alpha value is -1.66. The molecule has 1 amide bonds. The molecular weight excluding hydrogens is 284 g/mol. The van der Waals surface area contributed by atoms with Gasteiger partial charge in [-0.05, 0) is 24.6 Å². The van der Waals surface area contributed by atoms with E-state index < -0.39 is 0 Å². The van der Waals surface area contributed by atoms with Crippen LogP contribution in [0.2, 0.25) is 5.02 Å². The first kappa shape index (κ1) is 13.8. The number of benzene rings is 1. The molecule has 0 spiro atoms. The Morgan fingerprint density at radius 1 is 1.47 bits per heavy atom. The van der Waals surface area contributed by atoms with Crippen LogP contribution in [0.4, 0.5) is 10.8 Å². The lowest BCUT2D eigenvalue weighted by atomic mass is 10.2. The van der Waals surface area contributed by atoms with Crippen molar-refractivity contribution >= 4 is 39.7 Å². The molecule has 0 unspecified atom stereocenters. The van der Waals surface area contributed by atoms with Crippen LogP contribution < -0.4 is 11.1 Å². The monoisotopic (exact) mass is 296 g/mol. The maximum Gasteiger partial charge on any atom is 0.259 e. The molecule has 1 aromatic carbocycles. The van der Waals surface area contributed by atoms with E-state index in [1.165, 1.54) is 11.3 Å². The summed E-state index contributed by atoms with van der Waals surface area (Å²) in [4.78, 5) is 12.0. The van der Waals surface area contributed by atoms with Crippen LogP contribution in [-0.4, -0.2) is 16.1 Å². The zero-order chi connectivity index (χ0) is 13.8. The molecule has 3 N–H and O–H groups in total. The molecule has 0 saturated heterocycles. The summed E-state index contributed by atoms with van der Waals surface area (Å²) in [6.45, 7) is 2.06. The number of nitrogens with zero attached hydrogens (tertiary/aromatic N) is 2. The van der Waals surface area contributed by atoms with Crippen LogP contribution >= 0.6 is 22.9 Å². The lowest BCUT2D eigenvalue weighted by Gasteiger charge is -2.04. The molecular formula is C12H13ClN4OS. The summed E-state index contributed by atoms with van der Waals surface area (Å²) in [6, 6.07) is 4.75. The molecule has 5 nitrogen and oxygen atoms in total. The fourth-order valence-corrected chi connectivity index (χ4v) is 2.61. The molecule has 7 heteroatoms. The van der Waals surface area contributed by atoms with Gasteiger partial charge < -0.3 is 5.73 Å². The topological polar surface area (TPSA) is 80.9 Å². The second-order valence-electron chi connectivity index (χ2n) is 3.94. The number of halogens is 1. The van der Waals surface area contributed by atoms with Crippen molar-refractivity contribution in [1.82, 2.24) is 10.2 Å². The van der Waals surface area contributed by atoms with E-state index in [4.69, 9.17) is 17.3 Å². The molecule has 0 saturated carbocycles. The number of anilines is 2. The number of amides is 1. The summed E-state index contributed by atoms with van der Waals surface area (Å²) in [6.07, 6.45) is 1.85. The van der Waals surface area contributed by atoms with Gasteiger partial charge in [0.2, 0.25) is 5.13 Å². The largest absolute Gasteiger partial charge is 0.399 e. The van der Waals surface area contributed by atoms with Gasteiger partial charge in [-0.15, -0.1) is 10.2 Å². The maximum absolute atomic E-state index is 12.0. The Kier molecular flexibility index (Phi) is 4.34. The molecule has 2 rings (SSSR count). The fraction of sp³-hybridized carbons (Fsp3) is 0.250. The van der Waals surface area contributed by atoms with Crippen molar-refractivity contribution in [3.63, 3.8) is 0 Å². The minimum absolute atomic E-state index is 0.316. The van der Waals surface area contributed by atoms with E-state index in [-0.39, 0.29) is 5.91 Å². The van der Waals surface area contributed by atoms with E-state index in [1.807, 2.05) is 0 Å². The highest BCUT2D eigenvalue weighted by molar-refractivity contribution is 7.15. The molecule has 0 aliphatic rings. The quantitative estimate of drug-likeness (QED) is 0.850. The van der Waals surface area contributed by atoms with Gasteiger partial charge in [-0.1, -0.05) is 29.9 Å². The number of aromatic nitrogens is 2. The number of carbonyl (C=O) groups excluding carboxylic acids is 1. The predicted molar refractivity (Wildman–Crippen MR) is 77.7 cm³/mol. The molecule has 0 atom stereocenters. The number of carbonyl (C=O) groups is 1. The van der Waals surface area contributed by atoms with Crippen LogP contribution in [0, 0.1) is 0 Å². The van der Waals surface area contributed by atoms with E-state index in [9.17, 15) is 4.79 Å². The van der Waals surface area contributed by atoms with Gasteiger partial charge in [-0.25, -0.2) is 0 Å². The Morgan fingerprint density at radius 3 is 2.95 bits per heavy atom. The molecule has 2 aromatic rings. The van der Waals surface area contributed by atoms with Crippen LogP contribution in [0.3, 0.4) is 0 Å². The summed E-state index contributed by atoms with van der Waals surface area (Å²) in [5.74, 6) is -0.316. The van der Waals surface area contributed by atoms with Crippen molar-refractivity contribution in [2.45, 2.75) is 19.8 Å². The van der Waals surface area contributed by atoms with E-state index in [0.717, 1.165) is 17.8 Å². The van der Waals surface area contributed by atoms with Crippen LogP contribution in [0.1, 0.15) is 28.7 Å². The first-order valence-electron chi connectivity index (χ1n) is 5.79. The van der Waals surface area contributed by atoms with E-state index in [2.05, 4.69) is 22.4 Å². The number of hydrogen-bond donors (Lipinski definition) is 2. The summed E-state index contributed by atoms with van der Waals surface area (Å²) in [7, 11) is 0. The molecule has 0 aliphatic heterocycles. The molecule has 1 aromatic heterocycles. The van der Waals surface area contributed by atoms with E-state index >= 15 is 0 Å². The maximum atomic E-state index is 12.0. The summed E-state index contributed by atoms with van der Waals surface area (Å²) < 4.78 is 0. The van der Waals surface area contributed by atoms with Crippen molar-refractivity contribution in [3.05, 3.63) is 33.8 Å². The first-order valence-corrected chi connectivity index (χ1v) is 6.98. The van der Waals surface area contributed by atoms with Crippen molar-refractivity contribution < 1.29 is 4.79 Å². The highest BCUT2D eigenvalue weighted by Crippen LogP contribution is 2.22. The first-order chi connectivity index (χ1) is 9.10. The molecule has 0 bridgehead atoms. The molecule has 0 radical (unpaired) electrons. The highest BCUT2D eigenvalue weighted by atomic mass is 35.5. The second-order valence-corrected chi connectivity index (χ2v) is 5.41. The zero-order valence-corrected chi connectivity index (χ0v) is 11.9. The summed E-state index contributed by atoms with van der Waals surface area (Å²) >= 11 is 7.34. The minimum atomic E-state index is -0.316. The third kappa shape index (κ3) is 3.42. The molecule has 100 valence electrons.